The van der Waals surface area contributed by atoms with Crippen molar-refractivity contribution in [3.05, 3.63) is 11.9 Å². The number of amides is 1. The van der Waals surface area contributed by atoms with Crippen molar-refractivity contribution >= 4 is 12.1 Å². The lowest BCUT2D eigenvalue weighted by Gasteiger charge is -2.35. The monoisotopic (exact) mass is 345 g/mol. The number of rotatable bonds is 5. The van der Waals surface area contributed by atoms with Crippen molar-refractivity contribution in [2.75, 3.05) is 13.2 Å². The molecular formula is C17H28FNO5. The Kier molecular flexibility index (Phi) is 6.77. The van der Waals surface area contributed by atoms with Crippen molar-refractivity contribution in [2.24, 2.45) is 0 Å². The van der Waals surface area contributed by atoms with E-state index >= 15 is 0 Å². The molecule has 7 heteroatoms. The third kappa shape index (κ3) is 5.78. The second-order valence-electron chi connectivity index (χ2n) is 7.11. The largest absolute Gasteiger partial charge is 0.461 e. The van der Waals surface area contributed by atoms with Crippen LogP contribution in [0.3, 0.4) is 0 Å². The lowest BCUT2D eigenvalue weighted by atomic mass is 10.1. The van der Waals surface area contributed by atoms with E-state index in [4.69, 9.17) is 9.47 Å². The van der Waals surface area contributed by atoms with Crippen LogP contribution in [0.5, 0.6) is 0 Å². The van der Waals surface area contributed by atoms with E-state index in [0.29, 0.717) is 13.0 Å². The van der Waals surface area contributed by atoms with E-state index in [1.54, 1.807) is 41.5 Å². The van der Waals surface area contributed by atoms with E-state index in [1.807, 2.05) is 0 Å². The Morgan fingerprint density at radius 1 is 1.38 bits per heavy atom. The zero-order valence-corrected chi connectivity index (χ0v) is 15.3. The maximum absolute atomic E-state index is 13.5. The van der Waals surface area contributed by atoms with Crippen LogP contribution in [-0.4, -0.2) is 47.5 Å². The number of hydrogen-bond donors (Lipinski definition) is 0. The number of carbonyl (C=O) groups excluding carboxylic acids is 2. The van der Waals surface area contributed by atoms with Crippen LogP contribution < -0.4 is 0 Å². The number of esters is 1. The van der Waals surface area contributed by atoms with Gasteiger partial charge >= 0.3 is 12.1 Å². The Bertz CT molecular complexity index is 496. The van der Waals surface area contributed by atoms with Gasteiger partial charge in [0.15, 0.2) is 0 Å². The van der Waals surface area contributed by atoms with Gasteiger partial charge in [0.1, 0.15) is 11.3 Å². The molecule has 0 saturated carbocycles. The molecule has 1 saturated heterocycles. The van der Waals surface area contributed by atoms with Gasteiger partial charge in [0.2, 0.25) is 5.83 Å². The fraction of sp³-hybridized carbons (Fsp3) is 0.765. The van der Waals surface area contributed by atoms with Gasteiger partial charge in [0, 0.05) is 0 Å². The molecule has 0 aromatic carbocycles. The first-order valence-electron chi connectivity index (χ1n) is 8.17. The molecule has 0 spiro atoms. The summed E-state index contributed by atoms with van der Waals surface area (Å²) in [6.45, 7) is 11.0. The Balaban J connectivity index is 2.71. The van der Waals surface area contributed by atoms with Gasteiger partial charge in [-0.1, -0.05) is 0 Å². The van der Waals surface area contributed by atoms with Crippen molar-refractivity contribution in [3.8, 4) is 0 Å². The minimum Gasteiger partial charge on any atom is -0.461 e. The van der Waals surface area contributed by atoms with Gasteiger partial charge in [-0.15, -0.1) is 0 Å². The number of nitrogens with zero attached hydrogens (tertiary/aromatic N) is 1. The minimum atomic E-state index is -0.968. The molecule has 1 fully saturated rings. The number of carbonyl (C=O) groups is 2. The van der Waals surface area contributed by atoms with Crippen LogP contribution in [0.4, 0.5) is 9.18 Å². The third-order valence-electron chi connectivity index (χ3n) is 3.46. The van der Waals surface area contributed by atoms with Crippen LogP contribution >= 0.6 is 0 Å². The van der Waals surface area contributed by atoms with Gasteiger partial charge in [0.05, 0.1) is 19.3 Å². The molecule has 1 unspecified atom stereocenters. The molecule has 138 valence electrons. The smallest absolute Gasteiger partial charge is 0.412 e. The summed E-state index contributed by atoms with van der Waals surface area (Å²) in [5, 5.41) is 0. The Hall–Kier alpha value is -1.63. The summed E-state index contributed by atoms with van der Waals surface area (Å²) in [6, 6.07) is -0.249. The molecule has 24 heavy (non-hydrogen) atoms. The van der Waals surface area contributed by atoms with Crippen LogP contribution in [-0.2, 0) is 19.0 Å². The minimum absolute atomic E-state index is 0.122. The molecule has 1 rings (SSSR count). The fourth-order valence-electron chi connectivity index (χ4n) is 2.46. The predicted octanol–water partition coefficient (Wildman–Crippen LogP) is 3.56. The maximum Gasteiger partial charge on any atom is 0.412 e. The SMILES string of the molecule is CCOC(=O)C(F)=CCCC1COC(C)(C)N1C(=O)OC(C)(C)C. The number of hydrogen-bond acceptors (Lipinski definition) is 5. The fourth-order valence-corrected chi connectivity index (χ4v) is 2.46. The molecule has 0 aromatic heterocycles. The molecule has 1 amide bonds. The van der Waals surface area contributed by atoms with Crippen molar-refractivity contribution < 1.29 is 28.2 Å². The van der Waals surface area contributed by atoms with Crippen molar-refractivity contribution in [2.45, 2.75) is 71.8 Å². The van der Waals surface area contributed by atoms with E-state index in [9.17, 15) is 14.0 Å². The highest BCUT2D eigenvalue weighted by Crippen LogP contribution is 2.31. The molecular weight excluding hydrogens is 317 g/mol. The van der Waals surface area contributed by atoms with Gasteiger partial charge in [-0.3, -0.25) is 4.90 Å². The molecule has 0 bridgehead atoms. The lowest BCUT2D eigenvalue weighted by molar-refractivity contribution is -0.140. The van der Waals surface area contributed by atoms with E-state index in [1.165, 1.54) is 11.0 Å². The van der Waals surface area contributed by atoms with Crippen LogP contribution in [0.2, 0.25) is 0 Å². The molecule has 6 nitrogen and oxygen atoms in total. The zero-order chi connectivity index (χ0) is 18.5. The lowest BCUT2D eigenvalue weighted by Crippen LogP contribution is -2.49. The molecule has 0 aromatic rings. The van der Waals surface area contributed by atoms with Gasteiger partial charge in [-0.2, -0.15) is 4.39 Å². The highest BCUT2D eigenvalue weighted by Gasteiger charge is 2.45. The summed E-state index contributed by atoms with van der Waals surface area (Å²) in [6.07, 6.45) is 1.45. The quantitative estimate of drug-likeness (QED) is 0.563. The van der Waals surface area contributed by atoms with Crippen molar-refractivity contribution in [1.82, 2.24) is 4.90 Å². The summed E-state index contributed by atoms with van der Waals surface area (Å²) in [7, 11) is 0. The third-order valence-corrected chi connectivity index (χ3v) is 3.46. The number of halogens is 1. The van der Waals surface area contributed by atoms with E-state index in [0.717, 1.165) is 0 Å². The highest BCUT2D eigenvalue weighted by atomic mass is 19.1. The first kappa shape index (κ1) is 20.4. The summed E-state index contributed by atoms with van der Waals surface area (Å²) in [4.78, 5) is 25.2. The average Bonchev–Trinajstić information content (AvgIpc) is 2.72. The molecule has 1 aliphatic heterocycles. The van der Waals surface area contributed by atoms with Gasteiger partial charge in [0.25, 0.3) is 0 Å². The molecule has 0 radical (unpaired) electrons. The van der Waals surface area contributed by atoms with Crippen LogP contribution in [0.25, 0.3) is 0 Å². The number of allylic oxidation sites excluding steroid dienone is 1. The average molecular weight is 345 g/mol. The first-order valence-corrected chi connectivity index (χ1v) is 8.17. The van der Waals surface area contributed by atoms with E-state index < -0.39 is 29.2 Å². The first-order chi connectivity index (χ1) is 11.0. The van der Waals surface area contributed by atoms with E-state index in [2.05, 4.69) is 4.74 Å². The van der Waals surface area contributed by atoms with Crippen LogP contribution in [0.1, 0.15) is 54.4 Å². The highest BCUT2D eigenvalue weighted by molar-refractivity contribution is 5.85. The van der Waals surface area contributed by atoms with Crippen molar-refractivity contribution in [1.29, 1.82) is 0 Å². The normalized spacial score (nSPS) is 20.9. The Labute approximate surface area is 142 Å². The predicted molar refractivity (Wildman–Crippen MR) is 87.0 cm³/mol. The van der Waals surface area contributed by atoms with E-state index in [-0.39, 0.29) is 19.1 Å². The van der Waals surface area contributed by atoms with Crippen molar-refractivity contribution in [3.63, 3.8) is 0 Å². The Morgan fingerprint density at radius 3 is 2.54 bits per heavy atom. The van der Waals surface area contributed by atoms with Gasteiger partial charge in [-0.25, -0.2) is 9.59 Å². The second-order valence-corrected chi connectivity index (χ2v) is 7.11. The van der Waals surface area contributed by atoms with Crippen LogP contribution in [0, 0.1) is 0 Å². The summed E-state index contributed by atoms with van der Waals surface area (Å²) in [5.41, 5.74) is -1.41. The summed E-state index contributed by atoms with van der Waals surface area (Å²) in [5.74, 6) is -1.89. The topological polar surface area (TPSA) is 65.1 Å². The molecule has 0 N–H and O–H groups in total. The molecule has 1 aliphatic rings. The summed E-state index contributed by atoms with van der Waals surface area (Å²) >= 11 is 0. The zero-order valence-electron chi connectivity index (χ0n) is 15.3. The second kappa shape index (κ2) is 7.96. The molecule has 0 aliphatic carbocycles. The van der Waals surface area contributed by atoms with Crippen LogP contribution in [0.15, 0.2) is 11.9 Å². The van der Waals surface area contributed by atoms with Gasteiger partial charge < -0.3 is 14.2 Å². The Morgan fingerprint density at radius 2 is 2.00 bits per heavy atom. The standard InChI is InChI=1S/C17H28FNO5/c1-7-22-14(20)13(18)10-8-9-12-11-23-17(5,6)19(12)15(21)24-16(2,3)4/h10,12H,7-9,11H2,1-6H3. The number of ether oxygens (including phenoxy) is 3. The molecule has 1 atom stereocenters. The van der Waals surface area contributed by atoms with Gasteiger partial charge in [-0.05, 0) is 60.5 Å². The summed E-state index contributed by atoms with van der Waals surface area (Å²) < 4.78 is 29.2. The molecule has 1 heterocycles. The maximum atomic E-state index is 13.5.